The number of piperazine rings is 1. The van der Waals surface area contributed by atoms with Crippen LogP contribution in [0, 0.1) is 6.92 Å². The second-order valence-electron chi connectivity index (χ2n) is 5.86. The van der Waals surface area contributed by atoms with E-state index in [4.69, 9.17) is 0 Å². The normalized spacial score (nSPS) is 23.8. The van der Waals surface area contributed by atoms with Gasteiger partial charge in [-0.3, -0.25) is 4.90 Å². The lowest BCUT2D eigenvalue weighted by molar-refractivity contribution is 0.131. The van der Waals surface area contributed by atoms with Crippen molar-refractivity contribution in [3.05, 3.63) is 18.2 Å². The molecule has 0 amide bonds. The van der Waals surface area contributed by atoms with Gasteiger partial charge in [-0.1, -0.05) is 12.8 Å². The molecule has 100 valence electrons. The van der Waals surface area contributed by atoms with E-state index in [2.05, 4.69) is 32.9 Å². The smallest absolute Gasteiger partial charge is 0.105 e. The lowest BCUT2D eigenvalue weighted by atomic mass is 9.94. The number of aryl methyl sites for hydroxylation is 1. The van der Waals surface area contributed by atoms with Gasteiger partial charge in [-0.25, -0.2) is 4.98 Å². The molecule has 1 saturated heterocycles. The molecule has 0 unspecified atom stereocenters. The molecule has 1 aromatic rings. The van der Waals surface area contributed by atoms with Gasteiger partial charge < -0.3 is 9.88 Å². The highest BCUT2D eigenvalue weighted by atomic mass is 15.2. The number of imidazole rings is 1. The van der Waals surface area contributed by atoms with Gasteiger partial charge in [0, 0.05) is 50.7 Å². The van der Waals surface area contributed by atoms with E-state index in [0.29, 0.717) is 5.54 Å². The number of hydrogen-bond acceptors (Lipinski definition) is 3. The number of rotatable bonds is 3. The van der Waals surface area contributed by atoms with Gasteiger partial charge in [-0.15, -0.1) is 0 Å². The Labute approximate surface area is 109 Å². The molecule has 4 nitrogen and oxygen atoms in total. The fourth-order valence-electron chi connectivity index (χ4n) is 3.51. The van der Waals surface area contributed by atoms with Crippen molar-refractivity contribution in [2.75, 3.05) is 26.2 Å². The highest BCUT2D eigenvalue weighted by Gasteiger charge is 2.37. The van der Waals surface area contributed by atoms with Crippen molar-refractivity contribution in [2.24, 2.45) is 0 Å². The zero-order chi connectivity index (χ0) is 12.4. The van der Waals surface area contributed by atoms with Gasteiger partial charge in [0.25, 0.3) is 0 Å². The zero-order valence-corrected chi connectivity index (χ0v) is 11.4. The summed E-state index contributed by atoms with van der Waals surface area (Å²) in [5, 5.41) is 3.77. The number of aromatic nitrogens is 2. The van der Waals surface area contributed by atoms with E-state index in [0.717, 1.165) is 25.5 Å². The average Bonchev–Trinajstić information content (AvgIpc) is 2.97. The standard InChI is InChI=1S/C14H24N4/c1-13-15-6-9-18(13)11-10-17-8-7-16-14(12-17)4-2-3-5-14/h6,9,16H,2-5,7-8,10-12H2,1H3. The van der Waals surface area contributed by atoms with Crippen LogP contribution in [-0.4, -0.2) is 46.2 Å². The minimum atomic E-state index is 0.447. The van der Waals surface area contributed by atoms with E-state index in [9.17, 15) is 0 Å². The maximum atomic E-state index is 4.28. The molecule has 0 bridgehead atoms. The first-order valence-corrected chi connectivity index (χ1v) is 7.23. The van der Waals surface area contributed by atoms with Crippen LogP contribution in [0.25, 0.3) is 0 Å². The first-order chi connectivity index (χ1) is 8.77. The van der Waals surface area contributed by atoms with E-state index >= 15 is 0 Å². The molecule has 0 aromatic carbocycles. The van der Waals surface area contributed by atoms with E-state index in [-0.39, 0.29) is 0 Å². The Kier molecular flexibility index (Phi) is 3.39. The first kappa shape index (κ1) is 12.2. The minimum Gasteiger partial charge on any atom is -0.334 e. The Balaban J connectivity index is 1.55. The highest BCUT2D eigenvalue weighted by molar-refractivity contribution is 4.98. The summed E-state index contributed by atoms with van der Waals surface area (Å²) < 4.78 is 2.25. The minimum absolute atomic E-state index is 0.447. The molecule has 1 spiro atoms. The van der Waals surface area contributed by atoms with Crippen LogP contribution in [0.4, 0.5) is 0 Å². The summed E-state index contributed by atoms with van der Waals surface area (Å²) in [6, 6.07) is 0. The van der Waals surface area contributed by atoms with E-state index in [1.165, 1.54) is 38.8 Å². The third-order valence-electron chi connectivity index (χ3n) is 4.60. The molecule has 2 aliphatic rings. The predicted molar refractivity (Wildman–Crippen MR) is 72.6 cm³/mol. The van der Waals surface area contributed by atoms with Gasteiger partial charge in [0.2, 0.25) is 0 Å². The average molecular weight is 248 g/mol. The van der Waals surface area contributed by atoms with Crippen molar-refractivity contribution >= 4 is 0 Å². The molecule has 1 aliphatic heterocycles. The molecule has 0 atom stereocenters. The molecule has 2 heterocycles. The number of hydrogen-bond donors (Lipinski definition) is 1. The second-order valence-corrected chi connectivity index (χ2v) is 5.86. The molecule has 18 heavy (non-hydrogen) atoms. The van der Waals surface area contributed by atoms with Crippen LogP contribution in [0.3, 0.4) is 0 Å². The van der Waals surface area contributed by atoms with Crippen molar-refractivity contribution in [3.63, 3.8) is 0 Å². The Hall–Kier alpha value is -0.870. The first-order valence-electron chi connectivity index (χ1n) is 7.23. The fourth-order valence-corrected chi connectivity index (χ4v) is 3.51. The van der Waals surface area contributed by atoms with E-state index in [1.807, 2.05) is 6.20 Å². The van der Waals surface area contributed by atoms with Crippen LogP contribution in [-0.2, 0) is 6.54 Å². The zero-order valence-electron chi connectivity index (χ0n) is 11.4. The SMILES string of the molecule is Cc1nccn1CCN1CCNC2(CCCC2)C1. The van der Waals surface area contributed by atoms with E-state index in [1.54, 1.807) is 0 Å². The maximum absolute atomic E-state index is 4.28. The third-order valence-corrected chi connectivity index (χ3v) is 4.60. The van der Waals surface area contributed by atoms with Gasteiger partial charge in [-0.2, -0.15) is 0 Å². The van der Waals surface area contributed by atoms with Gasteiger partial charge in [-0.05, 0) is 19.8 Å². The van der Waals surface area contributed by atoms with Gasteiger partial charge in [0.15, 0.2) is 0 Å². The Morgan fingerprint density at radius 3 is 2.89 bits per heavy atom. The van der Waals surface area contributed by atoms with Crippen LogP contribution in [0.5, 0.6) is 0 Å². The highest BCUT2D eigenvalue weighted by Crippen LogP contribution is 2.31. The summed E-state index contributed by atoms with van der Waals surface area (Å²) in [7, 11) is 0. The summed E-state index contributed by atoms with van der Waals surface area (Å²) in [5.74, 6) is 1.13. The topological polar surface area (TPSA) is 33.1 Å². The Bertz CT molecular complexity index is 392. The Morgan fingerprint density at radius 1 is 1.33 bits per heavy atom. The van der Waals surface area contributed by atoms with Crippen LogP contribution < -0.4 is 5.32 Å². The van der Waals surface area contributed by atoms with Crippen molar-refractivity contribution in [3.8, 4) is 0 Å². The second kappa shape index (κ2) is 5.02. The van der Waals surface area contributed by atoms with Crippen molar-refractivity contribution in [1.82, 2.24) is 19.8 Å². The summed E-state index contributed by atoms with van der Waals surface area (Å²) >= 11 is 0. The van der Waals surface area contributed by atoms with Gasteiger partial charge in [0.1, 0.15) is 5.82 Å². The molecule has 3 rings (SSSR count). The summed E-state index contributed by atoms with van der Waals surface area (Å²) in [5.41, 5.74) is 0.447. The van der Waals surface area contributed by atoms with Crippen LogP contribution in [0.15, 0.2) is 12.4 Å². The van der Waals surface area contributed by atoms with Crippen LogP contribution in [0.1, 0.15) is 31.5 Å². The monoisotopic (exact) mass is 248 g/mol. The lowest BCUT2D eigenvalue weighted by Gasteiger charge is -2.41. The molecule has 1 N–H and O–H groups in total. The molecule has 0 radical (unpaired) electrons. The molecular weight excluding hydrogens is 224 g/mol. The summed E-state index contributed by atoms with van der Waals surface area (Å²) in [6.45, 7) is 7.89. The number of nitrogens with zero attached hydrogens (tertiary/aromatic N) is 3. The summed E-state index contributed by atoms with van der Waals surface area (Å²) in [6.07, 6.45) is 9.53. The fraction of sp³-hybridized carbons (Fsp3) is 0.786. The molecule has 1 aliphatic carbocycles. The van der Waals surface area contributed by atoms with Crippen molar-refractivity contribution in [1.29, 1.82) is 0 Å². The molecule has 2 fully saturated rings. The van der Waals surface area contributed by atoms with Crippen LogP contribution >= 0.6 is 0 Å². The molecule has 4 heteroatoms. The largest absolute Gasteiger partial charge is 0.334 e. The number of nitrogens with one attached hydrogen (secondary N) is 1. The molecule has 1 saturated carbocycles. The lowest BCUT2D eigenvalue weighted by Crippen LogP contribution is -2.59. The van der Waals surface area contributed by atoms with Crippen molar-refractivity contribution < 1.29 is 0 Å². The quantitative estimate of drug-likeness (QED) is 0.878. The molecular formula is C14H24N4. The third kappa shape index (κ3) is 2.45. The maximum Gasteiger partial charge on any atom is 0.105 e. The molecule has 1 aromatic heterocycles. The van der Waals surface area contributed by atoms with Gasteiger partial charge >= 0.3 is 0 Å². The van der Waals surface area contributed by atoms with Crippen LogP contribution in [0.2, 0.25) is 0 Å². The van der Waals surface area contributed by atoms with Crippen molar-refractivity contribution in [2.45, 2.75) is 44.7 Å². The van der Waals surface area contributed by atoms with E-state index < -0.39 is 0 Å². The van der Waals surface area contributed by atoms with Gasteiger partial charge in [0.05, 0.1) is 0 Å². The Morgan fingerprint density at radius 2 is 2.17 bits per heavy atom. The predicted octanol–water partition coefficient (Wildman–Crippen LogP) is 1.41. The summed E-state index contributed by atoms with van der Waals surface area (Å²) in [4.78, 5) is 6.91.